The van der Waals surface area contributed by atoms with Crippen LogP contribution in [0.25, 0.3) is 0 Å². The van der Waals surface area contributed by atoms with Gasteiger partial charge < -0.3 is 20.9 Å². The Balaban J connectivity index is 0.00000288. The van der Waals surface area contributed by atoms with E-state index in [9.17, 15) is 14.4 Å². The van der Waals surface area contributed by atoms with Gasteiger partial charge in [0, 0.05) is 36.8 Å². The van der Waals surface area contributed by atoms with Crippen molar-refractivity contribution in [3.8, 4) is 0 Å². The van der Waals surface area contributed by atoms with Gasteiger partial charge >= 0.3 is 0 Å². The SMILES string of the molecule is Cl.NCC(=O)NCC(=O)N1CCN(C(=O)c2ccc(Cl)cc2)CC1. The summed E-state index contributed by atoms with van der Waals surface area (Å²) in [4.78, 5) is 38.7. The summed E-state index contributed by atoms with van der Waals surface area (Å²) >= 11 is 5.81. The second kappa shape index (κ2) is 9.46. The lowest BCUT2D eigenvalue weighted by Crippen LogP contribution is -2.52. The third-order valence-corrected chi connectivity index (χ3v) is 3.88. The molecular formula is C15H20Cl2N4O3. The van der Waals surface area contributed by atoms with Crippen LogP contribution in [0, 0.1) is 0 Å². The molecule has 1 aromatic rings. The lowest BCUT2D eigenvalue weighted by molar-refractivity contribution is -0.133. The average molecular weight is 375 g/mol. The Hall–Kier alpha value is -1.83. The third kappa shape index (κ3) is 5.36. The number of benzene rings is 1. The number of hydrogen-bond acceptors (Lipinski definition) is 4. The van der Waals surface area contributed by atoms with Gasteiger partial charge in [-0.2, -0.15) is 0 Å². The molecule has 1 aliphatic rings. The fourth-order valence-corrected chi connectivity index (χ4v) is 2.42. The molecule has 0 spiro atoms. The summed E-state index contributed by atoms with van der Waals surface area (Å²) in [5.41, 5.74) is 5.74. The maximum absolute atomic E-state index is 12.3. The minimum Gasteiger partial charge on any atom is -0.346 e. The van der Waals surface area contributed by atoms with Crippen molar-refractivity contribution in [3.05, 3.63) is 34.9 Å². The van der Waals surface area contributed by atoms with Crippen molar-refractivity contribution in [1.29, 1.82) is 0 Å². The zero-order valence-electron chi connectivity index (χ0n) is 13.0. The molecule has 1 fully saturated rings. The van der Waals surface area contributed by atoms with Gasteiger partial charge in [-0.1, -0.05) is 11.6 Å². The van der Waals surface area contributed by atoms with Gasteiger partial charge in [0.1, 0.15) is 0 Å². The Morgan fingerprint density at radius 2 is 1.58 bits per heavy atom. The molecule has 0 aromatic heterocycles. The molecule has 1 heterocycles. The Morgan fingerprint density at radius 3 is 2.12 bits per heavy atom. The molecule has 0 aliphatic carbocycles. The number of rotatable bonds is 4. The van der Waals surface area contributed by atoms with Crippen molar-refractivity contribution in [2.45, 2.75) is 0 Å². The normalized spacial score (nSPS) is 13.9. The molecular weight excluding hydrogens is 355 g/mol. The van der Waals surface area contributed by atoms with Crippen molar-refractivity contribution < 1.29 is 14.4 Å². The largest absolute Gasteiger partial charge is 0.346 e. The molecule has 24 heavy (non-hydrogen) atoms. The fourth-order valence-electron chi connectivity index (χ4n) is 2.29. The van der Waals surface area contributed by atoms with Crippen molar-refractivity contribution in [2.75, 3.05) is 39.3 Å². The first kappa shape index (κ1) is 20.2. The van der Waals surface area contributed by atoms with E-state index in [4.69, 9.17) is 17.3 Å². The van der Waals surface area contributed by atoms with Gasteiger partial charge in [-0.25, -0.2) is 0 Å². The molecule has 0 radical (unpaired) electrons. The average Bonchev–Trinajstić information content (AvgIpc) is 2.59. The summed E-state index contributed by atoms with van der Waals surface area (Å²) < 4.78 is 0. The van der Waals surface area contributed by atoms with Crippen molar-refractivity contribution in [2.24, 2.45) is 5.73 Å². The number of nitrogens with zero attached hydrogens (tertiary/aromatic N) is 2. The summed E-state index contributed by atoms with van der Waals surface area (Å²) in [6.07, 6.45) is 0. The highest BCUT2D eigenvalue weighted by molar-refractivity contribution is 6.30. The molecule has 3 amide bonds. The summed E-state index contributed by atoms with van der Waals surface area (Å²) in [6.45, 7) is 1.58. The van der Waals surface area contributed by atoms with E-state index in [0.29, 0.717) is 36.8 Å². The molecule has 9 heteroatoms. The summed E-state index contributed by atoms with van der Waals surface area (Å²) in [6, 6.07) is 6.72. The second-order valence-corrected chi connectivity index (χ2v) is 5.60. The molecule has 3 N–H and O–H groups in total. The molecule has 0 unspecified atom stereocenters. The van der Waals surface area contributed by atoms with E-state index in [2.05, 4.69) is 5.32 Å². The van der Waals surface area contributed by atoms with E-state index < -0.39 is 0 Å². The van der Waals surface area contributed by atoms with Gasteiger partial charge in [0.15, 0.2) is 0 Å². The highest BCUT2D eigenvalue weighted by atomic mass is 35.5. The smallest absolute Gasteiger partial charge is 0.253 e. The van der Waals surface area contributed by atoms with E-state index in [0.717, 1.165) is 0 Å². The van der Waals surface area contributed by atoms with Crippen LogP contribution in [0.15, 0.2) is 24.3 Å². The predicted molar refractivity (Wildman–Crippen MR) is 93.2 cm³/mol. The van der Waals surface area contributed by atoms with E-state index in [1.54, 1.807) is 34.1 Å². The van der Waals surface area contributed by atoms with Crippen LogP contribution < -0.4 is 11.1 Å². The van der Waals surface area contributed by atoms with Crippen molar-refractivity contribution >= 4 is 41.7 Å². The van der Waals surface area contributed by atoms with Crippen LogP contribution in [-0.4, -0.2) is 66.8 Å². The van der Waals surface area contributed by atoms with E-state index in [1.807, 2.05) is 0 Å². The zero-order valence-corrected chi connectivity index (χ0v) is 14.6. The molecule has 0 saturated carbocycles. The highest BCUT2D eigenvalue weighted by Crippen LogP contribution is 2.13. The van der Waals surface area contributed by atoms with Crippen LogP contribution >= 0.6 is 24.0 Å². The molecule has 7 nitrogen and oxygen atoms in total. The topological polar surface area (TPSA) is 95.7 Å². The Labute approximate surface area is 151 Å². The van der Waals surface area contributed by atoms with Crippen LogP contribution in [0.3, 0.4) is 0 Å². The first-order valence-corrected chi connectivity index (χ1v) is 7.68. The fraction of sp³-hybridized carbons (Fsp3) is 0.400. The number of nitrogens with two attached hydrogens (primary N) is 1. The molecule has 1 aliphatic heterocycles. The second-order valence-electron chi connectivity index (χ2n) is 5.16. The van der Waals surface area contributed by atoms with Crippen LogP contribution in [0.2, 0.25) is 5.02 Å². The van der Waals surface area contributed by atoms with Crippen LogP contribution in [0.5, 0.6) is 0 Å². The number of nitrogens with one attached hydrogen (secondary N) is 1. The number of amides is 3. The minimum absolute atomic E-state index is 0. The highest BCUT2D eigenvalue weighted by Gasteiger charge is 2.24. The quantitative estimate of drug-likeness (QED) is 0.782. The first-order valence-electron chi connectivity index (χ1n) is 7.30. The van der Waals surface area contributed by atoms with Gasteiger partial charge in [0.2, 0.25) is 11.8 Å². The van der Waals surface area contributed by atoms with Crippen LogP contribution in [-0.2, 0) is 9.59 Å². The third-order valence-electron chi connectivity index (χ3n) is 3.63. The lowest BCUT2D eigenvalue weighted by atomic mass is 10.2. The Kier molecular flexibility index (Phi) is 7.97. The van der Waals surface area contributed by atoms with Crippen molar-refractivity contribution in [1.82, 2.24) is 15.1 Å². The number of halogens is 2. The van der Waals surface area contributed by atoms with Gasteiger partial charge in [-0.3, -0.25) is 14.4 Å². The maximum Gasteiger partial charge on any atom is 0.253 e. The summed E-state index contributed by atoms with van der Waals surface area (Å²) in [5, 5.41) is 3.03. The van der Waals surface area contributed by atoms with Gasteiger partial charge in [0.05, 0.1) is 13.1 Å². The number of carbonyl (C=O) groups excluding carboxylic acids is 3. The predicted octanol–water partition coefficient (Wildman–Crippen LogP) is 0.121. The Morgan fingerprint density at radius 1 is 1.04 bits per heavy atom. The molecule has 0 bridgehead atoms. The number of carbonyl (C=O) groups is 3. The van der Waals surface area contributed by atoms with Gasteiger partial charge in [-0.05, 0) is 24.3 Å². The molecule has 1 saturated heterocycles. The first-order chi connectivity index (χ1) is 11.0. The number of hydrogen-bond donors (Lipinski definition) is 2. The molecule has 0 atom stereocenters. The van der Waals surface area contributed by atoms with E-state index in [-0.39, 0.29) is 43.2 Å². The molecule has 1 aromatic carbocycles. The van der Waals surface area contributed by atoms with Crippen LogP contribution in [0.4, 0.5) is 0 Å². The summed E-state index contributed by atoms with van der Waals surface area (Å²) in [7, 11) is 0. The van der Waals surface area contributed by atoms with E-state index in [1.165, 1.54) is 0 Å². The zero-order chi connectivity index (χ0) is 16.8. The minimum atomic E-state index is -0.366. The van der Waals surface area contributed by atoms with Crippen LogP contribution in [0.1, 0.15) is 10.4 Å². The Bertz CT molecular complexity index is 587. The van der Waals surface area contributed by atoms with Crippen molar-refractivity contribution in [3.63, 3.8) is 0 Å². The number of piperazine rings is 1. The maximum atomic E-state index is 12.3. The van der Waals surface area contributed by atoms with Gasteiger partial charge in [0.25, 0.3) is 5.91 Å². The van der Waals surface area contributed by atoms with Gasteiger partial charge in [-0.15, -0.1) is 12.4 Å². The van der Waals surface area contributed by atoms with E-state index >= 15 is 0 Å². The standard InChI is InChI=1S/C15H19ClN4O3.ClH/c16-12-3-1-11(2-4-12)15(23)20-7-5-19(6-8-20)14(22)10-18-13(21)9-17;/h1-4H,5-10,17H2,(H,18,21);1H. The monoisotopic (exact) mass is 374 g/mol. The molecule has 2 rings (SSSR count). The summed E-state index contributed by atoms with van der Waals surface area (Å²) in [5.74, 6) is -0.620. The molecule has 132 valence electrons. The lowest BCUT2D eigenvalue weighted by Gasteiger charge is -2.34.